The Morgan fingerprint density at radius 1 is 0.964 bits per heavy atom. The lowest BCUT2D eigenvalue weighted by molar-refractivity contribution is 0.155. The highest BCUT2D eigenvalue weighted by Crippen LogP contribution is 2.39. The number of urea groups is 1. The number of piperazine rings is 1. The molecule has 2 aromatic heterocycles. The number of aromatic nitrogens is 3. The van der Waals surface area contributed by atoms with E-state index in [4.69, 9.17) is 15.5 Å². The standard InChI is InChI=1S/C43H58N10O2/c1-30-11-8-9-21-52(30)42-49-48-40-19-16-33(29-53(40)42)55-37-18-17-36(34-14-6-7-15-35(34)37)46-41(54)47-39(28-38(44)43(2,3)4)45-32-13-10-12-31(27-32)20-22-51-25-23-50(5)24-26-51/h6-7,10,12-16,19,27-30,36-37H,8-9,11,17-18,20-26,44H2,1-5H3,(H2,45,46,47,54)/b38-28-/t30-,36-,37+/m0/s1. The molecule has 12 heteroatoms. The van der Waals surface area contributed by atoms with E-state index in [0.717, 1.165) is 99.1 Å². The first-order valence-corrected chi connectivity index (χ1v) is 20.0. The van der Waals surface area contributed by atoms with Crippen LogP contribution >= 0.6 is 0 Å². The number of likely N-dealkylation sites (N-methyl/N-ethyl adjacent to an activating group) is 1. The zero-order valence-electron chi connectivity index (χ0n) is 33.2. The summed E-state index contributed by atoms with van der Waals surface area (Å²) in [4.78, 5) is 25.9. The van der Waals surface area contributed by atoms with Crippen molar-refractivity contribution in [3.8, 4) is 5.75 Å². The van der Waals surface area contributed by atoms with Crippen LogP contribution in [0.25, 0.3) is 5.65 Å². The molecule has 55 heavy (non-hydrogen) atoms. The quantitative estimate of drug-likeness (QED) is 0.127. The van der Waals surface area contributed by atoms with E-state index in [1.807, 2.05) is 67.8 Å². The molecule has 2 amide bonds. The summed E-state index contributed by atoms with van der Waals surface area (Å²) in [5, 5.41) is 15.3. The van der Waals surface area contributed by atoms with E-state index in [0.29, 0.717) is 24.0 Å². The van der Waals surface area contributed by atoms with Crippen LogP contribution in [-0.2, 0) is 6.42 Å². The SMILES string of the molecule is C[C@H]1CCCCN1c1nnc2ccc(O[C@@H]3CC[C@H](NC(=O)NC(/C=C(\N)C(C)(C)C)=Nc4cccc(CCN5CCN(C)CC5)c4)c4ccccc43)cn12. The van der Waals surface area contributed by atoms with Crippen LogP contribution in [0.1, 0.15) is 88.6 Å². The molecule has 3 atom stereocenters. The second kappa shape index (κ2) is 16.8. The fraction of sp³-hybridized carbons (Fsp3) is 0.488. The molecule has 4 aromatic rings. The Labute approximate surface area is 325 Å². The predicted molar refractivity (Wildman–Crippen MR) is 220 cm³/mol. The van der Waals surface area contributed by atoms with Gasteiger partial charge in [-0.15, -0.1) is 10.2 Å². The van der Waals surface area contributed by atoms with E-state index in [2.05, 4.69) is 73.8 Å². The van der Waals surface area contributed by atoms with Gasteiger partial charge in [0.05, 0.1) is 17.9 Å². The number of fused-ring (bicyclic) bond motifs is 2. The number of nitrogens with one attached hydrogen (secondary N) is 2. The molecular weight excluding hydrogens is 689 g/mol. The molecule has 2 aromatic carbocycles. The first kappa shape index (κ1) is 38.3. The first-order chi connectivity index (χ1) is 26.5. The fourth-order valence-corrected chi connectivity index (χ4v) is 7.76. The Morgan fingerprint density at radius 3 is 2.55 bits per heavy atom. The summed E-state index contributed by atoms with van der Waals surface area (Å²) in [5.41, 5.74) is 11.7. The van der Waals surface area contributed by atoms with Crippen molar-refractivity contribution in [3.63, 3.8) is 0 Å². The Bertz CT molecular complexity index is 2010. The Kier molecular flexibility index (Phi) is 11.7. The third-order valence-corrected chi connectivity index (χ3v) is 11.3. The second-order valence-corrected chi connectivity index (χ2v) is 16.5. The van der Waals surface area contributed by atoms with Crippen LogP contribution < -0.4 is 26.0 Å². The van der Waals surface area contributed by atoms with Crippen LogP contribution in [-0.4, -0.2) is 88.6 Å². The third kappa shape index (κ3) is 9.48. The number of amides is 2. The number of hydrogen-bond donors (Lipinski definition) is 3. The monoisotopic (exact) mass is 746 g/mol. The zero-order valence-corrected chi connectivity index (χ0v) is 33.2. The number of hydrogen-bond acceptors (Lipinski definition) is 9. The lowest BCUT2D eigenvalue weighted by Gasteiger charge is -2.33. The minimum atomic E-state index is -0.334. The fourth-order valence-electron chi connectivity index (χ4n) is 7.76. The van der Waals surface area contributed by atoms with Crippen LogP contribution in [0.5, 0.6) is 5.75 Å². The van der Waals surface area contributed by atoms with Crippen molar-refractivity contribution in [2.45, 2.75) is 84.4 Å². The molecule has 0 saturated carbocycles. The molecular formula is C43H58N10O2. The molecule has 7 rings (SSSR count). The van der Waals surface area contributed by atoms with Gasteiger partial charge in [0.25, 0.3) is 0 Å². The molecule has 292 valence electrons. The number of amidine groups is 1. The van der Waals surface area contributed by atoms with E-state index in [-0.39, 0.29) is 23.6 Å². The van der Waals surface area contributed by atoms with E-state index in [1.165, 1.54) is 12.0 Å². The van der Waals surface area contributed by atoms with Gasteiger partial charge >= 0.3 is 6.03 Å². The maximum atomic E-state index is 13.7. The number of ether oxygens (including phenoxy) is 1. The highest BCUT2D eigenvalue weighted by atomic mass is 16.5. The van der Waals surface area contributed by atoms with Crippen molar-refractivity contribution in [1.29, 1.82) is 0 Å². The Hall–Kier alpha value is -4.94. The summed E-state index contributed by atoms with van der Waals surface area (Å²) in [7, 11) is 2.18. The van der Waals surface area contributed by atoms with Crippen molar-refractivity contribution in [3.05, 3.63) is 95.3 Å². The number of rotatable bonds is 9. The molecule has 1 aliphatic carbocycles. The average Bonchev–Trinajstić information content (AvgIpc) is 3.58. The van der Waals surface area contributed by atoms with Crippen LogP contribution in [0.3, 0.4) is 0 Å². The van der Waals surface area contributed by atoms with Gasteiger partial charge < -0.3 is 30.5 Å². The van der Waals surface area contributed by atoms with Gasteiger partial charge in [-0.3, -0.25) is 9.72 Å². The van der Waals surface area contributed by atoms with Gasteiger partial charge in [-0.25, -0.2) is 9.79 Å². The van der Waals surface area contributed by atoms with E-state index < -0.39 is 0 Å². The number of carbonyl (C=O) groups excluding carboxylic acids is 1. The van der Waals surface area contributed by atoms with Gasteiger partial charge in [0.2, 0.25) is 5.95 Å². The summed E-state index contributed by atoms with van der Waals surface area (Å²) in [5.74, 6) is 2.02. The number of piperidine rings is 1. The lowest BCUT2D eigenvalue weighted by atomic mass is 9.85. The van der Waals surface area contributed by atoms with Crippen LogP contribution in [0.4, 0.5) is 16.4 Å². The van der Waals surface area contributed by atoms with Gasteiger partial charge in [0.1, 0.15) is 17.7 Å². The molecule has 4 heterocycles. The highest BCUT2D eigenvalue weighted by molar-refractivity contribution is 6.05. The maximum Gasteiger partial charge on any atom is 0.320 e. The molecule has 12 nitrogen and oxygen atoms in total. The molecule has 2 fully saturated rings. The van der Waals surface area contributed by atoms with Crippen LogP contribution in [0, 0.1) is 5.41 Å². The molecule has 0 unspecified atom stereocenters. The van der Waals surface area contributed by atoms with Crippen molar-refractivity contribution in [1.82, 2.24) is 35.0 Å². The summed E-state index contributed by atoms with van der Waals surface area (Å²) in [6.45, 7) is 14.8. The number of aliphatic imine (C=N–C) groups is 1. The van der Waals surface area contributed by atoms with Crippen molar-refractivity contribution in [2.24, 2.45) is 16.1 Å². The Morgan fingerprint density at radius 2 is 1.76 bits per heavy atom. The Balaban J connectivity index is 1.05. The number of nitrogens with zero attached hydrogens (tertiary/aromatic N) is 7. The number of anilines is 1. The van der Waals surface area contributed by atoms with Crippen LogP contribution in [0.2, 0.25) is 0 Å². The summed E-state index contributed by atoms with van der Waals surface area (Å²) in [6.07, 6.45) is 9.55. The van der Waals surface area contributed by atoms with Gasteiger partial charge in [0.15, 0.2) is 5.65 Å². The first-order valence-electron chi connectivity index (χ1n) is 20.0. The average molecular weight is 747 g/mol. The lowest BCUT2D eigenvalue weighted by Crippen LogP contribution is -2.45. The van der Waals surface area contributed by atoms with Gasteiger partial charge in [0, 0.05) is 62.5 Å². The van der Waals surface area contributed by atoms with E-state index in [1.54, 1.807) is 6.08 Å². The molecule has 0 spiro atoms. The molecule has 2 aliphatic heterocycles. The molecule has 2 saturated heterocycles. The normalized spacial score (nSPS) is 21.7. The van der Waals surface area contributed by atoms with Crippen LogP contribution in [0.15, 0.2) is 83.6 Å². The minimum absolute atomic E-state index is 0.168. The molecule has 0 bridgehead atoms. The van der Waals surface area contributed by atoms with Crippen molar-refractivity contribution >= 4 is 29.1 Å². The molecule has 0 radical (unpaired) electrons. The highest BCUT2D eigenvalue weighted by Gasteiger charge is 2.30. The maximum absolute atomic E-state index is 13.7. The number of benzene rings is 2. The predicted octanol–water partition coefficient (Wildman–Crippen LogP) is 6.77. The number of pyridine rings is 1. The molecule has 3 aliphatic rings. The summed E-state index contributed by atoms with van der Waals surface area (Å²) in [6, 6.07) is 20.3. The van der Waals surface area contributed by atoms with Gasteiger partial charge in [-0.05, 0) is 93.5 Å². The van der Waals surface area contributed by atoms with Gasteiger partial charge in [-0.2, -0.15) is 0 Å². The largest absolute Gasteiger partial charge is 0.484 e. The zero-order chi connectivity index (χ0) is 38.5. The second-order valence-electron chi connectivity index (χ2n) is 16.5. The van der Waals surface area contributed by atoms with E-state index in [9.17, 15) is 4.79 Å². The third-order valence-electron chi connectivity index (χ3n) is 11.3. The van der Waals surface area contributed by atoms with E-state index >= 15 is 0 Å². The number of nitrogens with two attached hydrogens (primary N) is 1. The minimum Gasteiger partial charge on any atom is -0.484 e. The summed E-state index contributed by atoms with van der Waals surface area (Å²) < 4.78 is 8.73. The van der Waals surface area contributed by atoms with Crippen molar-refractivity contribution in [2.75, 3.05) is 51.2 Å². The van der Waals surface area contributed by atoms with Gasteiger partial charge in [-0.1, -0.05) is 57.2 Å². The topological polar surface area (TPSA) is 129 Å². The summed E-state index contributed by atoms with van der Waals surface area (Å²) >= 11 is 0. The number of carbonyl (C=O) groups is 1. The number of allylic oxidation sites excluding steroid dienone is 1. The molecule has 4 N–H and O–H groups in total. The van der Waals surface area contributed by atoms with Crippen molar-refractivity contribution < 1.29 is 9.53 Å². The smallest absolute Gasteiger partial charge is 0.320 e.